The van der Waals surface area contributed by atoms with Crippen LogP contribution in [0, 0.1) is 5.92 Å². The van der Waals surface area contributed by atoms with Crippen molar-refractivity contribution in [2.45, 2.75) is 25.2 Å². The third-order valence-electron chi connectivity index (χ3n) is 6.28. The van der Waals surface area contributed by atoms with E-state index >= 15 is 0 Å². The Morgan fingerprint density at radius 1 is 1.13 bits per heavy atom. The highest BCUT2D eigenvalue weighted by Gasteiger charge is 2.39. The Morgan fingerprint density at radius 2 is 2.03 bits per heavy atom. The maximum atomic E-state index is 13.3. The van der Waals surface area contributed by atoms with E-state index in [2.05, 4.69) is 10.2 Å². The van der Waals surface area contributed by atoms with Crippen molar-refractivity contribution in [2.75, 3.05) is 31.6 Å². The van der Waals surface area contributed by atoms with E-state index in [0.29, 0.717) is 18.8 Å². The number of hydrogen-bond acceptors (Lipinski definition) is 5. The van der Waals surface area contributed by atoms with Gasteiger partial charge in [0.25, 0.3) is 0 Å². The molecular weight excluding hydrogens is 394 g/mol. The first kappa shape index (κ1) is 19.5. The van der Waals surface area contributed by atoms with Crippen LogP contribution in [0.15, 0.2) is 48.7 Å². The zero-order chi connectivity index (χ0) is 21.4. The Balaban J connectivity index is 1.30. The Hall–Kier alpha value is -3.42. The molecule has 0 saturated carbocycles. The molecule has 2 saturated heterocycles. The molecule has 0 N–H and O–H groups in total. The van der Waals surface area contributed by atoms with Crippen LogP contribution in [0.2, 0.25) is 0 Å². The lowest BCUT2D eigenvalue weighted by Crippen LogP contribution is -2.43. The van der Waals surface area contributed by atoms with Crippen molar-refractivity contribution < 1.29 is 14.3 Å². The van der Waals surface area contributed by atoms with Crippen LogP contribution in [0.4, 0.5) is 5.69 Å². The van der Waals surface area contributed by atoms with Gasteiger partial charge in [0, 0.05) is 49.9 Å². The number of nitrogens with zero attached hydrogens (tertiary/aromatic N) is 5. The van der Waals surface area contributed by atoms with Crippen LogP contribution in [0.25, 0.3) is 5.65 Å². The minimum atomic E-state index is -0.326. The van der Waals surface area contributed by atoms with E-state index in [-0.39, 0.29) is 30.1 Å². The van der Waals surface area contributed by atoms with Crippen LogP contribution < -0.4 is 9.64 Å². The molecule has 160 valence electrons. The maximum absolute atomic E-state index is 13.3. The van der Waals surface area contributed by atoms with Gasteiger partial charge in [-0.3, -0.25) is 14.0 Å². The number of anilines is 1. The second-order valence-corrected chi connectivity index (χ2v) is 8.22. The first-order chi connectivity index (χ1) is 15.1. The molecule has 1 aromatic carbocycles. The molecule has 0 radical (unpaired) electrons. The number of rotatable bonds is 4. The van der Waals surface area contributed by atoms with Gasteiger partial charge in [0.2, 0.25) is 11.8 Å². The van der Waals surface area contributed by atoms with Gasteiger partial charge in [-0.1, -0.05) is 12.1 Å². The van der Waals surface area contributed by atoms with Crippen LogP contribution in [-0.4, -0.2) is 58.1 Å². The van der Waals surface area contributed by atoms with Crippen molar-refractivity contribution in [1.82, 2.24) is 19.5 Å². The van der Waals surface area contributed by atoms with Gasteiger partial charge in [-0.25, -0.2) is 0 Å². The molecule has 2 fully saturated rings. The molecule has 8 nitrogen and oxygen atoms in total. The van der Waals surface area contributed by atoms with Gasteiger partial charge < -0.3 is 14.5 Å². The first-order valence-corrected chi connectivity index (χ1v) is 10.7. The predicted molar refractivity (Wildman–Crippen MR) is 115 cm³/mol. The molecule has 5 rings (SSSR count). The Morgan fingerprint density at radius 3 is 2.90 bits per heavy atom. The number of carbonyl (C=O) groups is 2. The van der Waals surface area contributed by atoms with Crippen molar-refractivity contribution in [2.24, 2.45) is 5.92 Å². The summed E-state index contributed by atoms with van der Waals surface area (Å²) in [4.78, 5) is 29.6. The minimum Gasteiger partial charge on any atom is -0.497 e. The van der Waals surface area contributed by atoms with Crippen LogP contribution in [-0.2, 0) is 9.59 Å². The van der Waals surface area contributed by atoms with Crippen molar-refractivity contribution in [3.8, 4) is 5.75 Å². The summed E-state index contributed by atoms with van der Waals surface area (Å²) in [5.74, 6) is 1.43. The molecule has 0 spiro atoms. The second kappa shape index (κ2) is 8.02. The normalized spacial score (nSPS) is 21.6. The molecule has 0 unspecified atom stereocenters. The smallest absolute Gasteiger partial charge is 0.228 e. The molecule has 4 heterocycles. The molecule has 2 aromatic heterocycles. The Bertz CT molecular complexity index is 1130. The molecule has 8 heteroatoms. The minimum absolute atomic E-state index is 0.0244. The molecule has 2 amide bonds. The summed E-state index contributed by atoms with van der Waals surface area (Å²) in [5, 5.41) is 8.65. The Kier molecular flexibility index (Phi) is 5.05. The average molecular weight is 419 g/mol. The van der Waals surface area contributed by atoms with Gasteiger partial charge in [-0.15, -0.1) is 10.2 Å². The topological polar surface area (TPSA) is 80.0 Å². The van der Waals surface area contributed by atoms with E-state index < -0.39 is 0 Å². The standard InChI is InChI=1S/C23H25N5O3/c1-31-19-8-4-7-18(13-19)28-15-17(12-21(28)29)23(30)26-10-5-6-16(14-26)22-25-24-20-9-2-3-11-27(20)22/h2-4,7-9,11,13,16-17H,5-6,10,12,14-15H2,1H3/t16-,17+/m0/s1. The van der Waals surface area contributed by atoms with E-state index in [1.807, 2.05) is 58.0 Å². The highest BCUT2D eigenvalue weighted by molar-refractivity contribution is 6.00. The summed E-state index contributed by atoms with van der Waals surface area (Å²) in [5.41, 5.74) is 1.59. The number of pyridine rings is 1. The largest absolute Gasteiger partial charge is 0.497 e. The van der Waals surface area contributed by atoms with Crippen LogP contribution in [0.5, 0.6) is 5.75 Å². The number of ether oxygens (including phenoxy) is 1. The summed E-state index contributed by atoms with van der Waals surface area (Å²) in [6, 6.07) is 13.2. The zero-order valence-corrected chi connectivity index (χ0v) is 17.5. The lowest BCUT2D eigenvalue weighted by molar-refractivity contribution is -0.137. The van der Waals surface area contributed by atoms with Crippen molar-refractivity contribution >= 4 is 23.1 Å². The summed E-state index contributed by atoms with van der Waals surface area (Å²) >= 11 is 0. The molecule has 0 aliphatic carbocycles. The number of fused-ring (bicyclic) bond motifs is 1. The summed E-state index contributed by atoms with van der Waals surface area (Å²) in [6.07, 6.45) is 4.09. The van der Waals surface area contributed by atoms with E-state index in [1.54, 1.807) is 12.0 Å². The highest BCUT2D eigenvalue weighted by atomic mass is 16.5. The fraction of sp³-hybridized carbons (Fsp3) is 0.391. The molecule has 0 bridgehead atoms. The van der Waals surface area contributed by atoms with Crippen LogP contribution in [0.1, 0.15) is 31.0 Å². The average Bonchev–Trinajstić information content (AvgIpc) is 3.42. The van der Waals surface area contributed by atoms with Gasteiger partial charge in [0.05, 0.1) is 13.0 Å². The van der Waals surface area contributed by atoms with Crippen LogP contribution >= 0.6 is 0 Å². The first-order valence-electron chi connectivity index (χ1n) is 10.7. The number of aromatic nitrogens is 3. The van der Waals surface area contributed by atoms with Gasteiger partial charge in [0.15, 0.2) is 5.65 Å². The SMILES string of the molecule is COc1cccc(N2C[C@H](C(=O)N3CCC[C@H](c4nnc5ccccn45)C3)CC2=O)c1. The van der Waals surface area contributed by atoms with E-state index in [4.69, 9.17) is 4.74 Å². The molecule has 3 aromatic rings. The number of hydrogen-bond donors (Lipinski definition) is 0. The summed E-state index contributed by atoms with van der Waals surface area (Å²) < 4.78 is 7.27. The highest BCUT2D eigenvalue weighted by Crippen LogP contribution is 2.31. The van der Waals surface area contributed by atoms with Crippen molar-refractivity contribution in [1.29, 1.82) is 0 Å². The van der Waals surface area contributed by atoms with Crippen molar-refractivity contribution in [3.05, 3.63) is 54.5 Å². The molecule has 2 atom stereocenters. The zero-order valence-electron chi connectivity index (χ0n) is 17.5. The molecule has 2 aliphatic heterocycles. The quantitative estimate of drug-likeness (QED) is 0.649. The third-order valence-corrected chi connectivity index (χ3v) is 6.28. The lowest BCUT2D eigenvalue weighted by Gasteiger charge is -2.33. The van der Waals surface area contributed by atoms with E-state index in [9.17, 15) is 9.59 Å². The third kappa shape index (κ3) is 3.62. The van der Waals surface area contributed by atoms with Gasteiger partial charge in [-0.05, 0) is 37.1 Å². The second-order valence-electron chi connectivity index (χ2n) is 8.22. The number of carbonyl (C=O) groups excluding carboxylic acids is 2. The monoisotopic (exact) mass is 419 g/mol. The summed E-state index contributed by atoms with van der Waals surface area (Å²) in [6.45, 7) is 1.73. The lowest BCUT2D eigenvalue weighted by atomic mass is 9.95. The van der Waals surface area contributed by atoms with E-state index in [0.717, 1.165) is 36.5 Å². The number of amides is 2. The van der Waals surface area contributed by atoms with Crippen LogP contribution in [0.3, 0.4) is 0 Å². The molecule has 31 heavy (non-hydrogen) atoms. The molecular formula is C23H25N5O3. The van der Waals surface area contributed by atoms with Gasteiger partial charge >= 0.3 is 0 Å². The van der Waals surface area contributed by atoms with Gasteiger partial charge in [0.1, 0.15) is 11.6 Å². The summed E-state index contributed by atoms with van der Waals surface area (Å²) in [7, 11) is 1.60. The number of benzene rings is 1. The number of piperidine rings is 1. The van der Waals surface area contributed by atoms with Crippen molar-refractivity contribution in [3.63, 3.8) is 0 Å². The number of methoxy groups -OCH3 is 1. The fourth-order valence-corrected chi connectivity index (χ4v) is 4.69. The molecule has 2 aliphatic rings. The van der Waals surface area contributed by atoms with E-state index in [1.165, 1.54) is 0 Å². The maximum Gasteiger partial charge on any atom is 0.228 e. The predicted octanol–water partition coefficient (Wildman–Crippen LogP) is 2.50. The number of likely N-dealkylation sites (tertiary alicyclic amines) is 1. The Labute approximate surface area is 180 Å². The fourth-order valence-electron chi connectivity index (χ4n) is 4.69. The van der Waals surface area contributed by atoms with Gasteiger partial charge in [-0.2, -0.15) is 0 Å².